The first-order chi connectivity index (χ1) is 17.0. The van der Waals surface area contributed by atoms with Crippen LogP contribution in [0.1, 0.15) is 63.5 Å². The topological polar surface area (TPSA) is 89.9 Å². The molecule has 0 amide bonds. The number of amidine groups is 1. The number of nitrogens with one attached hydrogen (secondary N) is 1. The monoisotopic (exact) mass is 569 g/mol. The lowest BCUT2D eigenvalue weighted by molar-refractivity contribution is 0.0755. The molecule has 2 heterocycles. The van der Waals surface area contributed by atoms with Crippen molar-refractivity contribution in [3.8, 4) is 0 Å². The molecule has 37 heavy (non-hydrogen) atoms. The summed E-state index contributed by atoms with van der Waals surface area (Å²) in [6.45, 7) is 14.9. The Morgan fingerprint density at radius 3 is 2.49 bits per heavy atom. The van der Waals surface area contributed by atoms with Gasteiger partial charge in [-0.25, -0.2) is 27.5 Å². The van der Waals surface area contributed by atoms with E-state index in [2.05, 4.69) is 48.6 Å². The van der Waals surface area contributed by atoms with Gasteiger partial charge < -0.3 is 9.47 Å². The van der Waals surface area contributed by atoms with Crippen molar-refractivity contribution in [2.75, 3.05) is 12.8 Å². The van der Waals surface area contributed by atoms with Crippen LogP contribution < -0.4 is 4.72 Å². The molecule has 0 radical (unpaired) electrons. The van der Waals surface area contributed by atoms with Crippen LogP contribution in [0, 0.1) is 5.82 Å². The quantitative estimate of drug-likeness (QED) is 0.232. The lowest BCUT2D eigenvalue weighted by Crippen LogP contribution is -2.53. The van der Waals surface area contributed by atoms with Crippen molar-refractivity contribution in [2.24, 2.45) is 4.99 Å². The summed E-state index contributed by atoms with van der Waals surface area (Å²) in [5, 5.41) is -0.619. The van der Waals surface area contributed by atoms with Crippen LogP contribution in [0.5, 0.6) is 0 Å². The highest BCUT2D eigenvalue weighted by molar-refractivity contribution is 7.90. The second-order valence-corrected chi connectivity index (χ2v) is 19.3. The van der Waals surface area contributed by atoms with Crippen LogP contribution in [-0.4, -0.2) is 45.9 Å². The number of benzene rings is 1. The molecule has 0 spiro atoms. The lowest BCUT2D eigenvalue weighted by Gasteiger charge is -2.39. The van der Waals surface area contributed by atoms with E-state index in [1.807, 2.05) is 0 Å². The molecule has 11 heteroatoms. The molecule has 2 atom stereocenters. The highest BCUT2D eigenvalue weighted by atomic mass is 35.5. The van der Waals surface area contributed by atoms with Gasteiger partial charge in [0.05, 0.1) is 14.1 Å². The minimum absolute atomic E-state index is 0.175. The van der Waals surface area contributed by atoms with Crippen LogP contribution in [0.15, 0.2) is 47.6 Å². The third-order valence-electron chi connectivity index (χ3n) is 7.15. The Labute approximate surface area is 225 Å². The van der Waals surface area contributed by atoms with Crippen molar-refractivity contribution in [1.82, 2.24) is 9.71 Å². The summed E-state index contributed by atoms with van der Waals surface area (Å²) < 4.78 is 55.9. The summed E-state index contributed by atoms with van der Waals surface area (Å²) in [4.78, 5) is 8.55. The van der Waals surface area contributed by atoms with Crippen molar-refractivity contribution < 1.29 is 22.3 Å². The fraction of sp³-hybridized carbons (Fsp3) is 0.538. The fourth-order valence-electron chi connectivity index (χ4n) is 3.97. The normalized spacial score (nSPS) is 21.2. The summed E-state index contributed by atoms with van der Waals surface area (Å²) in [5.74, 6) is -0.427. The van der Waals surface area contributed by atoms with Gasteiger partial charge >= 0.3 is 0 Å². The number of aliphatic imine (C=N–C) groups is 1. The first kappa shape index (κ1) is 29.5. The third-order valence-corrected chi connectivity index (χ3v) is 14.3. The second-order valence-electron chi connectivity index (χ2n) is 11.6. The fourth-order valence-corrected chi connectivity index (χ4v) is 6.92. The first-order valence-corrected chi connectivity index (χ1v) is 17.4. The van der Waals surface area contributed by atoms with Crippen molar-refractivity contribution in [3.63, 3.8) is 0 Å². The van der Waals surface area contributed by atoms with Crippen molar-refractivity contribution in [1.29, 1.82) is 0 Å². The van der Waals surface area contributed by atoms with Gasteiger partial charge in [-0.15, -0.1) is 0 Å². The molecule has 2 unspecified atom stereocenters. The molecule has 1 N–H and O–H groups in total. The minimum Gasteiger partial charge on any atom is -0.457 e. The Bertz CT molecular complexity index is 1230. The van der Waals surface area contributed by atoms with Gasteiger partial charge in [0.2, 0.25) is 10.0 Å². The summed E-state index contributed by atoms with van der Waals surface area (Å²) >= 11 is 5.88. The number of halogens is 2. The van der Waals surface area contributed by atoms with E-state index in [1.54, 1.807) is 38.1 Å². The molecule has 1 aliphatic rings. The van der Waals surface area contributed by atoms with Crippen LogP contribution in [0.2, 0.25) is 23.3 Å². The molecule has 0 bridgehead atoms. The van der Waals surface area contributed by atoms with E-state index in [9.17, 15) is 12.8 Å². The van der Waals surface area contributed by atoms with Gasteiger partial charge in [0.1, 0.15) is 21.8 Å². The Morgan fingerprint density at radius 2 is 1.92 bits per heavy atom. The predicted octanol–water partition coefficient (Wildman–Crippen LogP) is 6.20. The number of rotatable bonds is 8. The summed E-state index contributed by atoms with van der Waals surface area (Å²) in [7, 11) is -5.61. The highest BCUT2D eigenvalue weighted by Gasteiger charge is 2.48. The van der Waals surface area contributed by atoms with Crippen LogP contribution in [-0.2, 0) is 19.5 Å². The zero-order valence-electron chi connectivity index (χ0n) is 22.5. The van der Waals surface area contributed by atoms with E-state index in [0.717, 1.165) is 0 Å². The number of pyridine rings is 1. The molecule has 1 fully saturated rings. The van der Waals surface area contributed by atoms with E-state index in [-0.39, 0.29) is 16.2 Å². The van der Waals surface area contributed by atoms with Crippen molar-refractivity contribution >= 4 is 35.7 Å². The molecule has 0 aliphatic carbocycles. The lowest BCUT2D eigenvalue weighted by atomic mass is 9.98. The summed E-state index contributed by atoms with van der Waals surface area (Å²) in [6, 6.07) is 8.58. The SMILES string of the molecule is CC1(C)OC(=NC(CCOC[Si](C)(C)C(C)(C)C)c2ccccc2F)NS(=O)(=O)C1c1ccc(Cl)nc1. The third kappa shape index (κ3) is 7.10. The molecule has 2 aromatic rings. The van der Waals surface area contributed by atoms with E-state index in [4.69, 9.17) is 21.1 Å². The highest BCUT2D eigenvalue weighted by Crippen LogP contribution is 2.39. The van der Waals surface area contributed by atoms with Crippen molar-refractivity contribution in [3.05, 3.63) is 64.7 Å². The standard InChI is InChI=1S/C26H37ClFN3O4SSi/c1-25(2,3)37(6,7)17-34-15-14-21(19-10-8-9-11-20(19)28)30-24-31-36(32,33)23(26(4,5)35-24)18-12-13-22(27)29-16-18/h8-13,16,21,23H,14-15,17H2,1-7H3,(H,30,31). The Morgan fingerprint density at radius 1 is 1.24 bits per heavy atom. The van der Waals surface area contributed by atoms with Crippen LogP contribution in [0.3, 0.4) is 0 Å². The number of ether oxygens (including phenoxy) is 2. The molecule has 1 aliphatic heterocycles. The maximum Gasteiger partial charge on any atom is 0.299 e. The van der Waals surface area contributed by atoms with Gasteiger partial charge in [0, 0.05) is 24.6 Å². The summed E-state index contributed by atoms with van der Waals surface area (Å²) in [5.41, 5.74) is -0.405. The molecular weight excluding hydrogens is 533 g/mol. The van der Waals surface area contributed by atoms with Crippen molar-refractivity contribution in [2.45, 2.75) is 76.1 Å². The Hall–Kier alpha value is -2.01. The van der Waals surface area contributed by atoms with Gasteiger partial charge in [-0.1, -0.05) is 69.7 Å². The van der Waals surface area contributed by atoms with E-state index < -0.39 is 40.8 Å². The van der Waals surface area contributed by atoms with Gasteiger partial charge in [0.25, 0.3) is 6.02 Å². The van der Waals surface area contributed by atoms with Crippen LogP contribution in [0.25, 0.3) is 0 Å². The smallest absolute Gasteiger partial charge is 0.299 e. The number of hydrogen-bond donors (Lipinski definition) is 1. The largest absolute Gasteiger partial charge is 0.457 e. The van der Waals surface area contributed by atoms with Gasteiger partial charge in [0.15, 0.2) is 0 Å². The molecule has 3 rings (SSSR count). The van der Waals surface area contributed by atoms with E-state index >= 15 is 0 Å². The maximum atomic E-state index is 14.8. The summed E-state index contributed by atoms with van der Waals surface area (Å²) in [6.07, 6.45) is 2.43. The van der Waals surface area contributed by atoms with Gasteiger partial charge in [-0.2, -0.15) is 0 Å². The average Bonchev–Trinajstić information content (AvgIpc) is 2.75. The number of nitrogens with zero attached hydrogens (tertiary/aromatic N) is 2. The second kappa shape index (κ2) is 11.0. The zero-order valence-corrected chi connectivity index (χ0v) is 25.1. The van der Waals surface area contributed by atoms with Gasteiger partial charge in [-0.05, 0) is 43.0 Å². The average molecular weight is 570 g/mol. The van der Waals surface area contributed by atoms with Crippen LogP contribution in [0.4, 0.5) is 4.39 Å². The maximum absolute atomic E-state index is 14.8. The molecular formula is C26H37ClFN3O4SSi. The first-order valence-electron chi connectivity index (χ1n) is 12.3. The van der Waals surface area contributed by atoms with Crippen LogP contribution >= 0.6 is 11.6 Å². The molecule has 0 saturated carbocycles. The minimum atomic E-state index is -3.95. The zero-order chi connectivity index (χ0) is 27.6. The van der Waals surface area contributed by atoms with E-state index in [0.29, 0.717) is 30.4 Å². The Kier molecular flexibility index (Phi) is 8.78. The molecule has 1 saturated heterocycles. The number of hydrogen-bond acceptors (Lipinski definition) is 6. The van der Waals surface area contributed by atoms with E-state index in [1.165, 1.54) is 18.3 Å². The van der Waals surface area contributed by atoms with Gasteiger partial charge in [-0.3, -0.25) is 0 Å². The number of aromatic nitrogens is 1. The predicted molar refractivity (Wildman–Crippen MR) is 148 cm³/mol. The molecule has 204 valence electrons. The number of sulfonamides is 1. The molecule has 7 nitrogen and oxygen atoms in total. The Balaban J connectivity index is 1.86. The molecule has 1 aromatic heterocycles. The molecule has 1 aromatic carbocycles.